The smallest absolute Gasteiger partial charge is 0.347 e. The topological polar surface area (TPSA) is 66.8 Å². The van der Waals surface area contributed by atoms with Crippen molar-refractivity contribution in [3.8, 4) is 39.5 Å². The van der Waals surface area contributed by atoms with Crippen molar-refractivity contribution >= 4 is 5.97 Å². The highest BCUT2D eigenvalue weighted by Gasteiger charge is 2.21. The lowest BCUT2D eigenvalue weighted by atomic mass is 9.93. The van der Waals surface area contributed by atoms with Crippen LogP contribution in [0.15, 0.2) is 97.1 Å². The molecular weight excluding hydrogens is 364 g/mol. The highest BCUT2D eigenvalue weighted by atomic mass is 16.5. The molecule has 0 radical (unpaired) electrons. The molecule has 0 aliphatic carbocycles. The van der Waals surface area contributed by atoms with E-state index in [4.69, 9.17) is 4.74 Å². The minimum absolute atomic E-state index is 0.0702. The Labute approximate surface area is 168 Å². The molecule has 4 nitrogen and oxygen atoms in total. The van der Waals surface area contributed by atoms with Crippen LogP contribution in [-0.2, 0) is 0 Å². The SMILES string of the molecule is O=C(Oc1ccc(O)c(-c2ccccc2)c1-c1ccccc1)c1ccccc1O. The molecule has 0 heterocycles. The van der Waals surface area contributed by atoms with Gasteiger partial charge in [-0.3, -0.25) is 0 Å². The van der Waals surface area contributed by atoms with E-state index in [-0.39, 0.29) is 17.1 Å². The molecule has 0 amide bonds. The number of phenols is 2. The number of hydrogen-bond donors (Lipinski definition) is 2. The second-order valence-corrected chi connectivity index (χ2v) is 6.47. The van der Waals surface area contributed by atoms with Gasteiger partial charge in [-0.25, -0.2) is 4.79 Å². The van der Waals surface area contributed by atoms with E-state index in [1.54, 1.807) is 18.2 Å². The quantitative estimate of drug-likeness (QED) is 0.353. The van der Waals surface area contributed by atoms with E-state index in [0.29, 0.717) is 16.9 Å². The fourth-order valence-corrected chi connectivity index (χ4v) is 3.25. The zero-order valence-electron chi connectivity index (χ0n) is 15.4. The van der Waals surface area contributed by atoms with Gasteiger partial charge in [0.25, 0.3) is 0 Å². The summed E-state index contributed by atoms with van der Waals surface area (Å²) >= 11 is 0. The summed E-state index contributed by atoms with van der Waals surface area (Å²) in [5.41, 5.74) is 2.83. The number of carbonyl (C=O) groups excluding carboxylic acids is 1. The van der Waals surface area contributed by atoms with Crippen LogP contribution < -0.4 is 4.74 Å². The van der Waals surface area contributed by atoms with Crippen molar-refractivity contribution in [2.45, 2.75) is 0 Å². The summed E-state index contributed by atoms with van der Waals surface area (Å²) in [4.78, 5) is 12.7. The van der Waals surface area contributed by atoms with Gasteiger partial charge in [-0.2, -0.15) is 0 Å². The third kappa shape index (κ3) is 3.69. The van der Waals surface area contributed by atoms with E-state index in [2.05, 4.69) is 0 Å². The van der Waals surface area contributed by atoms with Crippen molar-refractivity contribution in [2.75, 3.05) is 0 Å². The van der Waals surface area contributed by atoms with Gasteiger partial charge in [-0.1, -0.05) is 72.8 Å². The first-order valence-corrected chi connectivity index (χ1v) is 9.12. The average Bonchev–Trinajstić information content (AvgIpc) is 2.76. The van der Waals surface area contributed by atoms with Gasteiger partial charge in [-0.15, -0.1) is 0 Å². The minimum Gasteiger partial charge on any atom is -0.507 e. The van der Waals surface area contributed by atoms with E-state index in [1.165, 1.54) is 18.2 Å². The standard InChI is InChI=1S/C25H18O4/c26-20-14-8-7-13-19(20)25(28)29-22-16-15-21(27)23(17-9-3-1-4-10-17)24(22)18-11-5-2-6-12-18/h1-16,26-27H. The lowest BCUT2D eigenvalue weighted by molar-refractivity contribution is 0.0732. The summed E-state index contributed by atoms with van der Waals surface area (Å²) in [6.07, 6.45) is 0. The van der Waals surface area contributed by atoms with Crippen LogP contribution >= 0.6 is 0 Å². The molecule has 0 aliphatic heterocycles. The lowest BCUT2D eigenvalue weighted by Gasteiger charge is -2.17. The van der Waals surface area contributed by atoms with Crippen molar-refractivity contribution in [3.63, 3.8) is 0 Å². The van der Waals surface area contributed by atoms with Crippen LogP contribution in [0.2, 0.25) is 0 Å². The van der Waals surface area contributed by atoms with Crippen molar-refractivity contribution in [1.82, 2.24) is 0 Å². The summed E-state index contributed by atoms with van der Waals surface area (Å²) in [5, 5.41) is 20.6. The number of benzene rings is 4. The molecule has 0 bridgehead atoms. The molecule has 142 valence electrons. The molecule has 4 heteroatoms. The van der Waals surface area contributed by atoms with Gasteiger partial charge < -0.3 is 14.9 Å². The first-order chi connectivity index (χ1) is 14.1. The minimum atomic E-state index is -0.676. The van der Waals surface area contributed by atoms with E-state index in [9.17, 15) is 15.0 Å². The molecule has 0 aliphatic rings. The molecule has 4 rings (SSSR count). The summed E-state index contributed by atoms with van der Waals surface area (Å²) in [6, 6.07) is 28.1. The summed E-state index contributed by atoms with van der Waals surface area (Å²) in [6.45, 7) is 0. The number of phenolic OH excluding ortho intramolecular Hbond substituents is 2. The second-order valence-electron chi connectivity index (χ2n) is 6.47. The first kappa shape index (κ1) is 18.3. The van der Waals surface area contributed by atoms with Gasteiger partial charge in [0.05, 0.1) is 0 Å². The third-order valence-corrected chi connectivity index (χ3v) is 4.60. The van der Waals surface area contributed by atoms with Crippen LogP contribution in [0.1, 0.15) is 10.4 Å². The largest absolute Gasteiger partial charge is 0.507 e. The molecule has 0 atom stereocenters. The molecule has 29 heavy (non-hydrogen) atoms. The fourth-order valence-electron chi connectivity index (χ4n) is 3.25. The fraction of sp³-hybridized carbons (Fsp3) is 0. The number of rotatable bonds is 4. The average molecular weight is 382 g/mol. The maximum Gasteiger partial charge on any atom is 0.347 e. The molecule has 0 aromatic heterocycles. The number of carbonyl (C=O) groups is 1. The Morgan fingerprint density at radius 1 is 0.586 bits per heavy atom. The summed E-state index contributed by atoms with van der Waals surface area (Å²) in [7, 11) is 0. The molecule has 0 spiro atoms. The van der Waals surface area contributed by atoms with Crippen LogP contribution in [0.4, 0.5) is 0 Å². The Morgan fingerprint density at radius 3 is 1.76 bits per heavy atom. The highest BCUT2D eigenvalue weighted by Crippen LogP contribution is 2.44. The van der Waals surface area contributed by atoms with Crippen molar-refractivity contribution in [2.24, 2.45) is 0 Å². The normalized spacial score (nSPS) is 10.5. The van der Waals surface area contributed by atoms with Gasteiger partial charge in [0.1, 0.15) is 22.8 Å². The predicted molar refractivity (Wildman–Crippen MR) is 112 cm³/mol. The Balaban J connectivity index is 1.89. The van der Waals surface area contributed by atoms with E-state index in [0.717, 1.165) is 11.1 Å². The Hall–Kier alpha value is -4.05. The van der Waals surface area contributed by atoms with Crippen molar-refractivity contribution in [1.29, 1.82) is 0 Å². The molecule has 4 aromatic rings. The predicted octanol–water partition coefficient (Wildman–Crippen LogP) is 5.65. The van der Waals surface area contributed by atoms with Gasteiger partial charge in [-0.05, 0) is 35.4 Å². The number of hydrogen-bond acceptors (Lipinski definition) is 4. The molecule has 0 saturated carbocycles. The van der Waals surface area contributed by atoms with E-state index in [1.807, 2.05) is 60.7 Å². The van der Waals surface area contributed by atoms with Crippen LogP contribution in [0.25, 0.3) is 22.3 Å². The molecule has 0 unspecified atom stereocenters. The van der Waals surface area contributed by atoms with Crippen LogP contribution in [-0.4, -0.2) is 16.2 Å². The maximum absolute atomic E-state index is 12.7. The van der Waals surface area contributed by atoms with Crippen molar-refractivity contribution < 1.29 is 19.7 Å². The number of aromatic hydroxyl groups is 2. The first-order valence-electron chi connectivity index (χ1n) is 9.12. The zero-order valence-corrected chi connectivity index (χ0v) is 15.4. The van der Waals surface area contributed by atoms with E-state index < -0.39 is 5.97 Å². The molecule has 0 fully saturated rings. The monoisotopic (exact) mass is 382 g/mol. The van der Waals surface area contributed by atoms with Crippen LogP contribution in [0, 0.1) is 0 Å². The number of para-hydroxylation sites is 1. The zero-order chi connectivity index (χ0) is 20.2. The third-order valence-electron chi connectivity index (χ3n) is 4.60. The van der Waals surface area contributed by atoms with Crippen LogP contribution in [0.5, 0.6) is 17.2 Å². The van der Waals surface area contributed by atoms with Gasteiger partial charge in [0.15, 0.2) is 0 Å². The summed E-state index contributed by atoms with van der Waals surface area (Å²) in [5.74, 6) is -0.454. The Morgan fingerprint density at radius 2 is 1.14 bits per heavy atom. The van der Waals surface area contributed by atoms with Gasteiger partial charge >= 0.3 is 5.97 Å². The van der Waals surface area contributed by atoms with Crippen molar-refractivity contribution in [3.05, 3.63) is 103 Å². The van der Waals surface area contributed by atoms with Gasteiger partial charge in [0.2, 0.25) is 0 Å². The molecule has 0 saturated heterocycles. The van der Waals surface area contributed by atoms with Gasteiger partial charge in [0, 0.05) is 11.1 Å². The maximum atomic E-state index is 12.7. The lowest BCUT2D eigenvalue weighted by Crippen LogP contribution is -2.09. The summed E-state index contributed by atoms with van der Waals surface area (Å²) < 4.78 is 5.67. The second kappa shape index (κ2) is 7.90. The Bertz CT molecular complexity index is 1150. The van der Waals surface area contributed by atoms with E-state index >= 15 is 0 Å². The molecule has 2 N–H and O–H groups in total. The highest BCUT2D eigenvalue weighted by molar-refractivity contribution is 5.97. The number of ether oxygens (including phenoxy) is 1. The Kier molecular flexibility index (Phi) is 4.99. The molecule has 4 aromatic carbocycles. The molecular formula is C25H18O4. The number of esters is 1. The van der Waals surface area contributed by atoms with Crippen LogP contribution in [0.3, 0.4) is 0 Å².